The SMILES string of the molecule is Cc1cc(C)c(CCCCC(C)(C)C(=O)O)c(CCCCCC(C)(COc2cc(O)cc(CCCCCC(C)(C)C(=O)O)c2CCCCC(C)(C)C(=O)O)C(=O)O)c1. The van der Waals surface area contributed by atoms with E-state index in [1.54, 1.807) is 60.6 Å². The molecule has 10 nitrogen and oxygen atoms in total. The minimum Gasteiger partial charge on any atom is -0.508 e. The summed E-state index contributed by atoms with van der Waals surface area (Å²) in [4.78, 5) is 47.5. The molecule has 0 fully saturated rings. The lowest BCUT2D eigenvalue weighted by atomic mass is 9.84. The Balaban J connectivity index is 2.13. The molecule has 2 aromatic rings. The number of rotatable bonds is 29. The van der Waals surface area contributed by atoms with Gasteiger partial charge in [-0.05, 0) is 173 Å². The lowest BCUT2D eigenvalue weighted by Gasteiger charge is -2.26. The van der Waals surface area contributed by atoms with E-state index in [0.29, 0.717) is 63.5 Å². The second-order valence-electron chi connectivity index (χ2n) is 19.1. The molecule has 58 heavy (non-hydrogen) atoms. The van der Waals surface area contributed by atoms with Gasteiger partial charge in [0, 0.05) is 6.07 Å². The largest absolute Gasteiger partial charge is 0.508 e. The van der Waals surface area contributed by atoms with Gasteiger partial charge < -0.3 is 30.3 Å². The Bertz CT molecular complexity index is 1690. The lowest BCUT2D eigenvalue weighted by Crippen LogP contribution is -2.34. The Morgan fingerprint density at radius 1 is 0.500 bits per heavy atom. The van der Waals surface area contributed by atoms with Gasteiger partial charge in [0.25, 0.3) is 0 Å². The van der Waals surface area contributed by atoms with Crippen molar-refractivity contribution in [3.05, 3.63) is 57.6 Å². The number of aliphatic carboxylic acids is 4. The minimum absolute atomic E-state index is 0.0275. The summed E-state index contributed by atoms with van der Waals surface area (Å²) in [5.41, 5.74) is 3.33. The third-order valence-electron chi connectivity index (χ3n) is 12.2. The first-order valence-corrected chi connectivity index (χ1v) is 21.4. The highest BCUT2D eigenvalue weighted by molar-refractivity contribution is 5.75. The van der Waals surface area contributed by atoms with E-state index in [1.807, 2.05) is 0 Å². The molecule has 1 atom stereocenters. The van der Waals surface area contributed by atoms with Crippen LogP contribution >= 0.6 is 0 Å². The normalized spacial score (nSPS) is 13.3. The minimum atomic E-state index is -1.17. The van der Waals surface area contributed by atoms with Crippen molar-refractivity contribution < 1.29 is 49.4 Å². The van der Waals surface area contributed by atoms with Crippen molar-refractivity contribution in [3.8, 4) is 11.5 Å². The van der Waals surface area contributed by atoms with Gasteiger partial charge in [0.2, 0.25) is 0 Å². The van der Waals surface area contributed by atoms with E-state index in [-0.39, 0.29) is 12.4 Å². The average molecular weight is 811 g/mol. The number of hydrogen-bond acceptors (Lipinski definition) is 6. The van der Waals surface area contributed by atoms with Gasteiger partial charge in [-0.2, -0.15) is 0 Å². The number of ether oxygens (including phenoxy) is 1. The third-order valence-corrected chi connectivity index (χ3v) is 12.2. The smallest absolute Gasteiger partial charge is 0.312 e. The molecule has 0 heterocycles. The van der Waals surface area contributed by atoms with E-state index in [9.17, 15) is 44.7 Å². The highest BCUT2D eigenvalue weighted by Crippen LogP contribution is 2.35. The van der Waals surface area contributed by atoms with Crippen LogP contribution in [0.25, 0.3) is 0 Å². The highest BCUT2D eigenvalue weighted by Gasteiger charge is 2.34. The number of carbonyl (C=O) groups is 4. The predicted molar refractivity (Wildman–Crippen MR) is 229 cm³/mol. The molecule has 0 saturated carbocycles. The fraction of sp³-hybridized carbons (Fsp3) is 0.667. The quantitative estimate of drug-likeness (QED) is 0.0497. The Morgan fingerprint density at radius 3 is 1.38 bits per heavy atom. The van der Waals surface area contributed by atoms with Gasteiger partial charge in [-0.1, -0.05) is 56.2 Å². The van der Waals surface area contributed by atoms with Crippen molar-refractivity contribution in [2.24, 2.45) is 21.7 Å². The van der Waals surface area contributed by atoms with Gasteiger partial charge in [0.05, 0.1) is 21.7 Å². The Hall–Kier alpha value is -4.08. The van der Waals surface area contributed by atoms with Crippen LogP contribution in [-0.2, 0) is 44.9 Å². The van der Waals surface area contributed by atoms with E-state index in [4.69, 9.17) is 4.74 Å². The van der Waals surface area contributed by atoms with Gasteiger partial charge >= 0.3 is 23.9 Å². The molecule has 0 bridgehead atoms. The molecule has 0 aliphatic heterocycles. The van der Waals surface area contributed by atoms with Crippen LogP contribution in [0.1, 0.15) is 172 Å². The van der Waals surface area contributed by atoms with Crippen molar-refractivity contribution in [1.29, 1.82) is 0 Å². The summed E-state index contributed by atoms with van der Waals surface area (Å²) in [6.07, 6.45) is 13.0. The first kappa shape index (κ1) is 50.1. The first-order valence-electron chi connectivity index (χ1n) is 21.4. The maximum absolute atomic E-state index is 12.7. The van der Waals surface area contributed by atoms with Gasteiger partial charge in [-0.15, -0.1) is 0 Å². The summed E-state index contributed by atoms with van der Waals surface area (Å²) in [5, 5.41) is 49.7. The number of benzene rings is 2. The zero-order valence-corrected chi connectivity index (χ0v) is 37.0. The molecular weight excluding hydrogens is 737 g/mol. The van der Waals surface area contributed by atoms with Crippen LogP contribution in [0.5, 0.6) is 11.5 Å². The predicted octanol–water partition coefficient (Wildman–Crippen LogP) is 11.1. The topological polar surface area (TPSA) is 179 Å². The molecule has 2 rings (SSSR count). The van der Waals surface area contributed by atoms with E-state index in [0.717, 1.165) is 68.9 Å². The first-order chi connectivity index (χ1) is 26.9. The molecule has 326 valence electrons. The fourth-order valence-electron chi connectivity index (χ4n) is 7.59. The van der Waals surface area contributed by atoms with Crippen LogP contribution in [0.3, 0.4) is 0 Å². The fourth-order valence-corrected chi connectivity index (χ4v) is 7.59. The summed E-state index contributed by atoms with van der Waals surface area (Å²) in [5.74, 6) is -2.91. The standard InChI is InChI=1S/C48H74O10/c1-33-28-34(2)38(22-14-18-25-46(5,6)42(52)53)35(29-33)20-13-11-17-27-48(9,44(56)57)32-58-40-31-37(49)30-36(21-12-10-16-24-45(3,4)41(50)51)39(40)23-15-19-26-47(7,8)43(54)55/h28-31,49H,10-27,32H2,1-9H3,(H,50,51)(H,52,53)(H,54,55)(H,56,57). The van der Waals surface area contributed by atoms with Crippen molar-refractivity contribution in [2.75, 3.05) is 6.61 Å². The number of aromatic hydroxyl groups is 1. The number of phenols is 1. The Morgan fingerprint density at radius 2 is 0.914 bits per heavy atom. The molecule has 0 radical (unpaired) electrons. The summed E-state index contributed by atoms with van der Waals surface area (Å²) in [7, 11) is 0. The summed E-state index contributed by atoms with van der Waals surface area (Å²) < 4.78 is 6.34. The van der Waals surface area contributed by atoms with Crippen LogP contribution in [0, 0.1) is 35.5 Å². The highest BCUT2D eigenvalue weighted by atomic mass is 16.5. The molecule has 0 aliphatic rings. The van der Waals surface area contributed by atoms with Crippen LogP contribution in [0.4, 0.5) is 0 Å². The molecule has 2 aromatic carbocycles. The molecule has 0 aliphatic carbocycles. The molecule has 0 spiro atoms. The van der Waals surface area contributed by atoms with E-state index in [2.05, 4.69) is 26.0 Å². The van der Waals surface area contributed by atoms with Crippen molar-refractivity contribution in [2.45, 2.75) is 178 Å². The summed E-state index contributed by atoms with van der Waals surface area (Å²) >= 11 is 0. The van der Waals surface area contributed by atoms with E-state index in [1.165, 1.54) is 22.3 Å². The lowest BCUT2D eigenvalue weighted by molar-refractivity contribution is -0.150. The van der Waals surface area contributed by atoms with Crippen molar-refractivity contribution >= 4 is 23.9 Å². The maximum Gasteiger partial charge on any atom is 0.312 e. The van der Waals surface area contributed by atoms with Crippen LogP contribution in [0.2, 0.25) is 0 Å². The summed E-state index contributed by atoms with van der Waals surface area (Å²) in [6.45, 7) is 16.3. The second-order valence-corrected chi connectivity index (χ2v) is 19.1. The van der Waals surface area contributed by atoms with Gasteiger partial charge in [0.15, 0.2) is 0 Å². The number of hydrogen-bond donors (Lipinski definition) is 5. The van der Waals surface area contributed by atoms with Crippen LogP contribution in [0.15, 0.2) is 24.3 Å². The molecule has 0 aromatic heterocycles. The number of carboxylic acid groups (broad SMARTS) is 4. The monoisotopic (exact) mass is 811 g/mol. The Kier molecular flexibility index (Phi) is 19.3. The van der Waals surface area contributed by atoms with Crippen molar-refractivity contribution in [1.82, 2.24) is 0 Å². The molecule has 1 unspecified atom stereocenters. The third kappa shape index (κ3) is 15.9. The number of phenolic OH excluding ortho intramolecular Hbond substituents is 1. The zero-order chi connectivity index (χ0) is 43.9. The number of unbranched alkanes of at least 4 members (excludes halogenated alkanes) is 6. The zero-order valence-electron chi connectivity index (χ0n) is 37.0. The molecule has 0 amide bonds. The average Bonchev–Trinajstić information content (AvgIpc) is 3.11. The van der Waals surface area contributed by atoms with E-state index >= 15 is 0 Å². The second kappa shape index (κ2) is 22.3. The van der Waals surface area contributed by atoms with Crippen molar-refractivity contribution in [3.63, 3.8) is 0 Å². The molecule has 10 heteroatoms. The number of aryl methyl sites for hydroxylation is 4. The molecule has 5 N–H and O–H groups in total. The Labute approximate surface area is 347 Å². The van der Waals surface area contributed by atoms with Crippen LogP contribution < -0.4 is 4.74 Å². The van der Waals surface area contributed by atoms with Crippen LogP contribution in [-0.4, -0.2) is 56.0 Å². The van der Waals surface area contributed by atoms with Gasteiger partial charge in [0.1, 0.15) is 18.1 Å². The summed E-state index contributed by atoms with van der Waals surface area (Å²) in [6, 6.07) is 7.71. The molecule has 0 saturated heterocycles. The van der Waals surface area contributed by atoms with Gasteiger partial charge in [-0.3, -0.25) is 19.2 Å². The molecular formula is C48H74O10. The van der Waals surface area contributed by atoms with Gasteiger partial charge in [-0.25, -0.2) is 0 Å². The van der Waals surface area contributed by atoms with E-state index < -0.39 is 45.5 Å². The maximum atomic E-state index is 12.7. The number of carboxylic acids is 4.